The standard InChI is InChI=1S/C29H24F2N6O2/c1-32-20-7-4-16(5-8-20)22-10-18(22)11-26-34-28-23-12-19(30)13-24(31)27(23)35-29(37(28)36-26)33-15-17-6-9-21(38-2)14-25(17)39-3/h4-9,12-14,18,22H,10-11,15H2,2-3H3,(H,33,35). The second-order valence-electron chi connectivity index (χ2n) is 9.52. The lowest BCUT2D eigenvalue weighted by molar-refractivity contribution is 0.391. The van der Waals surface area contributed by atoms with Gasteiger partial charge in [-0.15, -0.1) is 5.10 Å². The molecule has 0 aliphatic heterocycles. The molecule has 1 aliphatic carbocycles. The number of ether oxygens (including phenoxy) is 2. The maximum Gasteiger partial charge on any atom is 0.226 e. The fourth-order valence-electron chi connectivity index (χ4n) is 4.97. The Labute approximate surface area is 223 Å². The molecule has 2 atom stereocenters. The molecule has 39 heavy (non-hydrogen) atoms. The average Bonchev–Trinajstić information content (AvgIpc) is 3.58. The van der Waals surface area contributed by atoms with Crippen molar-refractivity contribution in [2.24, 2.45) is 5.92 Å². The van der Waals surface area contributed by atoms with Crippen molar-refractivity contribution in [3.63, 3.8) is 0 Å². The molecule has 0 bridgehead atoms. The van der Waals surface area contributed by atoms with Crippen molar-refractivity contribution in [3.05, 3.63) is 94.6 Å². The van der Waals surface area contributed by atoms with Crippen molar-refractivity contribution in [3.8, 4) is 11.5 Å². The number of halogens is 2. The molecule has 6 rings (SSSR count). The van der Waals surface area contributed by atoms with Gasteiger partial charge in [-0.05, 0) is 42.0 Å². The maximum atomic E-state index is 14.8. The highest BCUT2D eigenvalue weighted by Crippen LogP contribution is 2.49. The lowest BCUT2D eigenvalue weighted by atomic mass is 10.1. The summed E-state index contributed by atoms with van der Waals surface area (Å²) in [5.41, 5.74) is 2.97. The van der Waals surface area contributed by atoms with E-state index in [0.29, 0.717) is 53.5 Å². The molecule has 0 saturated heterocycles. The SMILES string of the molecule is [C-]#[N+]c1ccc(C2CC2Cc2nc3c4cc(F)cc(F)c4nc(NCc4ccc(OC)cc4OC)n3n2)cc1. The van der Waals surface area contributed by atoms with Gasteiger partial charge >= 0.3 is 0 Å². The van der Waals surface area contributed by atoms with Crippen molar-refractivity contribution >= 4 is 28.2 Å². The summed E-state index contributed by atoms with van der Waals surface area (Å²) in [5, 5.41) is 8.16. The molecule has 2 unspecified atom stereocenters. The normalized spacial score (nSPS) is 16.3. The molecule has 1 N–H and O–H groups in total. The molecule has 0 radical (unpaired) electrons. The van der Waals surface area contributed by atoms with Crippen LogP contribution in [0.2, 0.25) is 0 Å². The molecule has 1 saturated carbocycles. The first-order chi connectivity index (χ1) is 19.0. The van der Waals surface area contributed by atoms with Gasteiger partial charge in [0.1, 0.15) is 22.8 Å². The predicted octanol–water partition coefficient (Wildman–Crippen LogP) is 6.08. The Morgan fingerprint density at radius 3 is 2.62 bits per heavy atom. The minimum atomic E-state index is -0.771. The van der Waals surface area contributed by atoms with Crippen LogP contribution >= 0.6 is 0 Å². The van der Waals surface area contributed by atoms with Crippen molar-refractivity contribution in [2.75, 3.05) is 19.5 Å². The predicted molar refractivity (Wildman–Crippen MR) is 142 cm³/mol. The van der Waals surface area contributed by atoms with E-state index in [0.717, 1.165) is 18.1 Å². The van der Waals surface area contributed by atoms with Crippen molar-refractivity contribution in [1.29, 1.82) is 0 Å². The Hall–Kier alpha value is -4.78. The zero-order chi connectivity index (χ0) is 27.1. The van der Waals surface area contributed by atoms with Gasteiger partial charge in [-0.2, -0.15) is 4.52 Å². The van der Waals surface area contributed by atoms with E-state index < -0.39 is 11.6 Å². The van der Waals surface area contributed by atoms with Crippen LogP contribution < -0.4 is 14.8 Å². The average molecular weight is 527 g/mol. The van der Waals surface area contributed by atoms with E-state index in [4.69, 9.17) is 16.0 Å². The van der Waals surface area contributed by atoms with Crippen molar-refractivity contribution in [1.82, 2.24) is 19.6 Å². The first kappa shape index (κ1) is 24.6. The van der Waals surface area contributed by atoms with Gasteiger partial charge in [-0.3, -0.25) is 0 Å². The van der Waals surface area contributed by atoms with E-state index >= 15 is 0 Å². The quantitative estimate of drug-likeness (QED) is 0.247. The summed E-state index contributed by atoms with van der Waals surface area (Å²) in [4.78, 5) is 12.6. The third-order valence-corrected chi connectivity index (χ3v) is 7.09. The van der Waals surface area contributed by atoms with Crippen LogP contribution in [0.3, 0.4) is 0 Å². The monoisotopic (exact) mass is 526 g/mol. The fourth-order valence-corrected chi connectivity index (χ4v) is 4.97. The number of nitrogens with one attached hydrogen (secondary N) is 1. The Morgan fingerprint density at radius 1 is 1.05 bits per heavy atom. The largest absolute Gasteiger partial charge is 0.497 e. The first-order valence-electron chi connectivity index (χ1n) is 12.4. The van der Waals surface area contributed by atoms with E-state index in [1.807, 2.05) is 36.4 Å². The van der Waals surface area contributed by atoms with Gasteiger partial charge < -0.3 is 14.8 Å². The van der Waals surface area contributed by atoms with Gasteiger partial charge in [-0.25, -0.2) is 23.6 Å². The Kier molecular flexibility index (Phi) is 6.19. The number of hydrogen-bond donors (Lipinski definition) is 1. The molecule has 196 valence electrons. The summed E-state index contributed by atoms with van der Waals surface area (Å²) in [5.74, 6) is 1.36. The summed E-state index contributed by atoms with van der Waals surface area (Å²) in [6, 6.07) is 15.2. The number of methoxy groups -OCH3 is 2. The summed E-state index contributed by atoms with van der Waals surface area (Å²) in [6.45, 7) is 7.44. The highest BCUT2D eigenvalue weighted by molar-refractivity contribution is 5.92. The smallest absolute Gasteiger partial charge is 0.226 e. The van der Waals surface area contributed by atoms with Crippen LogP contribution in [0, 0.1) is 24.1 Å². The maximum absolute atomic E-state index is 14.8. The van der Waals surface area contributed by atoms with Crippen LogP contribution in [0.1, 0.15) is 29.3 Å². The van der Waals surface area contributed by atoms with Crippen LogP contribution in [-0.4, -0.2) is 33.8 Å². The zero-order valence-electron chi connectivity index (χ0n) is 21.3. The fraction of sp³-hybridized carbons (Fsp3) is 0.241. The van der Waals surface area contributed by atoms with E-state index in [9.17, 15) is 8.78 Å². The van der Waals surface area contributed by atoms with Gasteiger partial charge in [0.15, 0.2) is 23.0 Å². The van der Waals surface area contributed by atoms with E-state index in [2.05, 4.69) is 25.2 Å². The molecule has 10 heteroatoms. The molecule has 3 aromatic carbocycles. The van der Waals surface area contributed by atoms with Crippen LogP contribution in [-0.2, 0) is 13.0 Å². The van der Waals surface area contributed by atoms with Gasteiger partial charge in [-0.1, -0.05) is 24.3 Å². The third-order valence-electron chi connectivity index (χ3n) is 7.09. The van der Waals surface area contributed by atoms with Crippen molar-refractivity contribution in [2.45, 2.75) is 25.3 Å². The molecule has 0 spiro atoms. The van der Waals surface area contributed by atoms with Gasteiger partial charge in [0.25, 0.3) is 0 Å². The van der Waals surface area contributed by atoms with Crippen LogP contribution in [0.4, 0.5) is 20.4 Å². The number of hydrogen-bond acceptors (Lipinski definition) is 6. The number of anilines is 1. The Morgan fingerprint density at radius 2 is 1.87 bits per heavy atom. The summed E-state index contributed by atoms with van der Waals surface area (Å²) in [6.07, 6.45) is 1.60. The molecule has 1 aliphatic rings. The number of fused-ring (bicyclic) bond motifs is 3. The van der Waals surface area contributed by atoms with E-state index in [1.165, 1.54) is 16.1 Å². The van der Waals surface area contributed by atoms with Crippen molar-refractivity contribution < 1.29 is 18.3 Å². The Balaban J connectivity index is 1.33. The lowest BCUT2D eigenvalue weighted by Gasteiger charge is -2.13. The number of nitrogens with zero attached hydrogens (tertiary/aromatic N) is 5. The third kappa shape index (κ3) is 4.68. The van der Waals surface area contributed by atoms with Crippen LogP contribution in [0.15, 0.2) is 54.6 Å². The minimum Gasteiger partial charge on any atom is -0.497 e. The van der Waals surface area contributed by atoms with Crippen LogP contribution in [0.25, 0.3) is 21.4 Å². The second-order valence-corrected chi connectivity index (χ2v) is 9.52. The lowest BCUT2D eigenvalue weighted by Crippen LogP contribution is -2.09. The summed E-state index contributed by atoms with van der Waals surface area (Å²) >= 11 is 0. The van der Waals surface area contributed by atoms with Gasteiger partial charge in [0, 0.05) is 30.7 Å². The molecule has 8 nitrogen and oxygen atoms in total. The summed E-state index contributed by atoms with van der Waals surface area (Å²) in [7, 11) is 3.15. The molecule has 2 heterocycles. The first-order valence-corrected chi connectivity index (χ1v) is 12.4. The van der Waals surface area contributed by atoms with Gasteiger partial charge in [0.05, 0.1) is 26.2 Å². The number of rotatable bonds is 8. The molecular weight excluding hydrogens is 502 g/mol. The second kappa shape index (κ2) is 9.83. The summed E-state index contributed by atoms with van der Waals surface area (Å²) < 4.78 is 41.2. The topological polar surface area (TPSA) is 77.9 Å². The molecule has 5 aromatic rings. The number of aromatic nitrogens is 4. The van der Waals surface area contributed by atoms with Crippen LogP contribution in [0.5, 0.6) is 11.5 Å². The molecule has 0 amide bonds. The molecular formula is C29H24F2N6O2. The van der Waals surface area contributed by atoms with Gasteiger partial charge in [0.2, 0.25) is 5.95 Å². The highest BCUT2D eigenvalue weighted by atomic mass is 19.1. The molecule has 2 aromatic heterocycles. The zero-order valence-corrected chi connectivity index (χ0v) is 21.3. The number of benzene rings is 3. The highest BCUT2D eigenvalue weighted by Gasteiger charge is 2.39. The molecule has 1 fully saturated rings. The van der Waals surface area contributed by atoms with E-state index in [-0.39, 0.29) is 16.9 Å². The Bertz CT molecular complexity index is 1750. The van der Waals surface area contributed by atoms with E-state index in [1.54, 1.807) is 20.3 Å². The minimum absolute atomic E-state index is 0.0104.